The van der Waals surface area contributed by atoms with Gasteiger partial charge < -0.3 is 15.0 Å². The van der Waals surface area contributed by atoms with Gasteiger partial charge in [-0.25, -0.2) is 0 Å². The van der Waals surface area contributed by atoms with Crippen LogP contribution in [0.25, 0.3) is 10.9 Å². The molecule has 2 N–H and O–H groups in total. The van der Waals surface area contributed by atoms with E-state index in [0.29, 0.717) is 23.8 Å². The number of aromatic nitrogens is 1. The number of hydrogen-bond acceptors (Lipinski definition) is 3. The first-order chi connectivity index (χ1) is 11.1. The largest absolute Gasteiger partial charge is 0.395 e. The number of nitrogens with zero attached hydrogens (tertiary/aromatic N) is 2. The second-order valence-corrected chi connectivity index (χ2v) is 6.42. The Morgan fingerprint density at radius 3 is 2.70 bits per heavy atom. The molecule has 2 aromatic rings. The lowest BCUT2D eigenvalue weighted by Crippen LogP contribution is -2.52. The van der Waals surface area contributed by atoms with Gasteiger partial charge in [-0.3, -0.25) is 9.69 Å². The summed E-state index contributed by atoms with van der Waals surface area (Å²) in [5.41, 5.74) is 1.52. The van der Waals surface area contributed by atoms with Crippen LogP contribution < -0.4 is 0 Å². The molecule has 0 radical (unpaired) electrons. The molecule has 23 heavy (non-hydrogen) atoms. The molecule has 3 rings (SSSR count). The topological polar surface area (TPSA) is 59.6 Å². The highest BCUT2D eigenvalue weighted by molar-refractivity contribution is 6.31. The van der Waals surface area contributed by atoms with Crippen molar-refractivity contribution in [3.05, 3.63) is 35.0 Å². The standard InChI is InChI=1S/C17H22ClN3O2/c1-2-14(11-22)20-5-7-21(8-6-20)17(23)16-10-12-9-13(18)3-4-15(12)19-16/h3-4,9-10,14,19,22H,2,5-8,11H2,1H3. The van der Waals surface area contributed by atoms with Crippen molar-refractivity contribution >= 4 is 28.4 Å². The van der Waals surface area contributed by atoms with Crippen LogP contribution in [0.5, 0.6) is 0 Å². The van der Waals surface area contributed by atoms with E-state index in [9.17, 15) is 9.90 Å². The van der Waals surface area contributed by atoms with Gasteiger partial charge in [0.2, 0.25) is 0 Å². The quantitative estimate of drug-likeness (QED) is 0.901. The number of carbonyl (C=O) groups excluding carboxylic acids is 1. The Bertz CT molecular complexity index is 688. The summed E-state index contributed by atoms with van der Waals surface area (Å²) in [5, 5.41) is 11.0. The minimum atomic E-state index is 0.0222. The van der Waals surface area contributed by atoms with Gasteiger partial charge in [0.15, 0.2) is 0 Å². The zero-order valence-electron chi connectivity index (χ0n) is 13.3. The summed E-state index contributed by atoms with van der Waals surface area (Å²) in [6.07, 6.45) is 0.924. The Morgan fingerprint density at radius 2 is 2.04 bits per heavy atom. The van der Waals surface area contributed by atoms with Crippen molar-refractivity contribution in [1.29, 1.82) is 0 Å². The van der Waals surface area contributed by atoms with Crippen LogP contribution in [0.2, 0.25) is 5.02 Å². The number of H-pyrrole nitrogens is 1. The van der Waals surface area contributed by atoms with E-state index in [1.807, 2.05) is 29.2 Å². The summed E-state index contributed by atoms with van der Waals surface area (Å²) in [6, 6.07) is 7.61. The number of carbonyl (C=O) groups is 1. The summed E-state index contributed by atoms with van der Waals surface area (Å²) >= 11 is 5.99. The monoisotopic (exact) mass is 335 g/mol. The molecule has 1 saturated heterocycles. The van der Waals surface area contributed by atoms with Gasteiger partial charge in [-0.15, -0.1) is 0 Å². The number of benzene rings is 1. The highest BCUT2D eigenvalue weighted by Crippen LogP contribution is 2.21. The number of rotatable bonds is 4. The number of nitrogens with one attached hydrogen (secondary N) is 1. The predicted molar refractivity (Wildman–Crippen MR) is 92.0 cm³/mol. The summed E-state index contributed by atoms with van der Waals surface area (Å²) in [5.74, 6) is 0.0222. The van der Waals surface area contributed by atoms with Gasteiger partial charge in [0.1, 0.15) is 5.69 Å². The molecule has 124 valence electrons. The van der Waals surface area contributed by atoms with Crippen LogP contribution in [0.1, 0.15) is 23.8 Å². The smallest absolute Gasteiger partial charge is 0.270 e. The van der Waals surface area contributed by atoms with Crippen molar-refractivity contribution in [2.75, 3.05) is 32.8 Å². The van der Waals surface area contributed by atoms with Crippen molar-refractivity contribution in [2.45, 2.75) is 19.4 Å². The summed E-state index contributed by atoms with van der Waals surface area (Å²) in [7, 11) is 0. The second kappa shape index (κ2) is 6.91. The van der Waals surface area contributed by atoms with Crippen LogP contribution in [-0.4, -0.2) is 64.6 Å². The molecule has 1 fully saturated rings. The maximum absolute atomic E-state index is 12.7. The molecule has 6 heteroatoms. The van der Waals surface area contributed by atoms with Crippen LogP contribution in [0.3, 0.4) is 0 Å². The molecule has 2 heterocycles. The summed E-state index contributed by atoms with van der Waals surface area (Å²) in [6.45, 7) is 5.23. The first-order valence-corrected chi connectivity index (χ1v) is 8.42. The van der Waals surface area contributed by atoms with E-state index < -0.39 is 0 Å². The van der Waals surface area contributed by atoms with Crippen LogP contribution in [0.15, 0.2) is 24.3 Å². The van der Waals surface area contributed by atoms with E-state index in [1.165, 1.54) is 0 Å². The summed E-state index contributed by atoms with van der Waals surface area (Å²) < 4.78 is 0. The van der Waals surface area contributed by atoms with Gasteiger partial charge in [-0.05, 0) is 30.7 Å². The van der Waals surface area contributed by atoms with E-state index in [1.54, 1.807) is 0 Å². The Kier molecular flexibility index (Phi) is 4.90. The maximum atomic E-state index is 12.7. The van der Waals surface area contributed by atoms with Crippen molar-refractivity contribution < 1.29 is 9.90 Å². The average molecular weight is 336 g/mol. The first kappa shape index (κ1) is 16.3. The molecule has 1 amide bonds. The molecule has 1 atom stereocenters. The van der Waals surface area contributed by atoms with Crippen molar-refractivity contribution in [1.82, 2.24) is 14.8 Å². The zero-order chi connectivity index (χ0) is 16.4. The fourth-order valence-corrected chi connectivity index (χ4v) is 3.36. The zero-order valence-corrected chi connectivity index (χ0v) is 14.0. The van der Waals surface area contributed by atoms with Gasteiger partial charge in [0.05, 0.1) is 6.61 Å². The average Bonchev–Trinajstić information content (AvgIpc) is 2.99. The van der Waals surface area contributed by atoms with Gasteiger partial charge in [0, 0.05) is 48.1 Å². The van der Waals surface area contributed by atoms with E-state index in [2.05, 4.69) is 16.8 Å². The van der Waals surface area contributed by atoms with E-state index >= 15 is 0 Å². The minimum Gasteiger partial charge on any atom is -0.395 e. The Morgan fingerprint density at radius 1 is 1.30 bits per heavy atom. The number of aliphatic hydroxyl groups excluding tert-OH is 1. The molecule has 1 aromatic carbocycles. The number of aliphatic hydroxyl groups is 1. The van der Waals surface area contributed by atoms with Gasteiger partial charge in [-0.2, -0.15) is 0 Å². The fraction of sp³-hybridized carbons (Fsp3) is 0.471. The second-order valence-electron chi connectivity index (χ2n) is 5.99. The normalized spacial score (nSPS) is 17.6. The molecule has 0 aliphatic carbocycles. The van der Waals surface area contributed by atoms with Crippen molar-refractivity contribution in [2.24, 2.45) is 0 Å². The highest BCUT2D eigenvalue weighted by Gasteiger charge is 2.26. The lowest BCUT2D eigenvalue weighted by molar-refractivity contribution is 0.0469. The number of amides is 1. The Balaban J connectivity index is 1.69. The van der Waals surface area contributed by atoms with Crippen molar-refractivity contribution in [3.63, 3.8) is 0 Å². The first-order valence-electron chi connectivity index (χ1n) is 8.05. The number of piperazine rings is 1. The molecule has 0 saturated carbocycles. The number of aromatic amines is 1. The molecular weight excluding hydrogens is 314 g/mol. The number of halogens is 1. The lowest BCUT2D eigenvalue weighted by atomic mass is 10.1. The maximum Gasteiger partial charge on any atom is 0.270 e. The summed E-state index contributed by atoms with van der Waals surface area (Å²) in [4.78, 5) is 20.0. The molecule has 1 aliphatic rings. The molecule has 5 nitrogen and oxygen atoms in total. The van der Waals surface area contributed by atoms with Crippen LogP contribution in [0.4, 0.5) is 0 Å². The Hall–Kier alpha value is -1.56. The molecular formula is C17H22ClN3O2. The molecule has 1 aliphatic heterocycles. The number of hydrogen-bond donors (Lipinski definition) is 2. The van der Waals surface area contributed by atoms with Crippen molar-refractivity contribution in [3.8, 4) is 0 Å². The van der Waals surface area contributed by atoms with E-state index in [0.717, 1.165) is 30.4 Å². The Labute approximate surface area is 140 Å². The van der Waals surface area contributed by atoms with Gasteiger partial charge in [0.25, 0.3) is 5.91 Å². The van der Waals surface area contributed by atoms with Gasteiger partial charge in [-0.1, -0.05) is 18.5 Å². The SMILES string of the molecule is CCC(CO)N1CCN(C(=O)c2cc3cc(Cl)ccc3[nH]2)CC1. The van der Waals surface area contributed by atoms with E-state index in [-0.39, 0.29) is 18.6 Å². The molecule has 1 unspecified atom stereocenters. The molecule has 0 bridgehead atoms. The van der Waals surface area contributed by atoms with Crippen LogP contribution in [0, 0.1) is 0 Å². The van der Waals surface area contributed by atoms with Crippen LogP contribution >= 0.6 is 11.6 Å². The molecule has 0 spiro atoms. The van der Waals surface area contributed by atoms with E-state index in [4.69, 9.17) is 11.6 Å². The highest BCUT2D eigenvalue weighted by atomic mass is 35.5. The fourth-order valence-electron chi connectivity index (χ4n) is 3.18. The third-order valence-electron chi connectivity index (χ3n) is 4.61. The third-order valence-corrected chi connectivity index (χ3v) is 4.85. The van der Waals surface area contributed by atoms with Crippen LogP contribution in [-0.2, 0) is 0 Å². The molecule has 1 aromatic heterocycles. The third kappa shape index (κ3) is 3.37. The number of fused-ring (bicyclic) bond motifs is 1. The predicted octanol–water partition coefficient (Wildman–Crippen LogP) is 2.35. The lowest BCUT2D eigenvalue weighted by Gasteiger charge is -2.38. The minimum absolute atomic E-state index is 0.0222. The van der Waals surface area contributed by atoms with Gasteiger partial charge >= 0.3 is 0 Å².